The van der Waals surface area contributed by atoms with Crippen LogP contribution in [0.2, 0.25) is 0 Å². The van der Waals surface area contributed by atoms with Crippen molar-refractivity contribution >= 4 is 62.6 Å². The summed E-state index contributed by atoms with van der Waals surface area (Å²) in [6.07, 6.45) is 3.85. The fourth-order valence-electron chi connectivity index (χ4n) is 5.66. The third-order valence-corrected chi connectivity index (χ3v) is 12.5. The Morgan fingerprint density at radius 3 is 2.21 bits per heavy atom. The maximum absolute atomic E-state index is 5.74. The predicted octanol–water partition coefficient (Wildman–Crippen LogP) is 8.78. The van der Waals surface area contributed by atoms with Gasteiger partial charge in [-0.25, -0.2) is 4.74 Å². The topological polar surface area (TPSA) is 20.5 Å². The summed E-state index contributed by atoms with van der Waals surface area (Å²) < 4.78 is 12.2. The second-order valence-corrected chi connectivity index (χ2v) is 15.4. The zero-order valence-electron chi connectivity index (χ0n) is 20.8. The van der Waals surface area contributed by atoms with Crippen molar-refractivity contribution in [1.29, 1.82) is 0 Å². The first-order valence-electron chi connectivity index (χ1n) is 12.5. The van der Waals surface area contributed by atoms with Crippen molar-refractivity contribution in [1.82, 2.24) is 9.24 Å². The molecule has 2 heterocycles. The van der Waals surface area contributed by atoms with Gasteiger partial charge in [0.2, 0.25) is 0 Å². The van der Waals surface area contributed by atoms with Crippen LogP contribution in [0.5, 0.6) is 0 Å². The van der Waals surface area contributed by atoms with Crippen LogP contribution in [0, 0.1) is 3.57 Å². The number of hydrogen-bond acceptors (Lipinski definition) is 1. The van der Waals surface area contributed by atoms with Gasteiger partial charge in [0.1, 0.15) is 0 Å². The molecule has 1 aliphatic heterocycles. The number of rotatable bonds is 4. The van der Waals surface area contributed by atoms with E-state index in [4.69, 9.17) is 4.74 Å². The highest BCUT2D eigenvalue weighted by Crippen LogP contribution is 2.64. The van der Waals surface area contributed by atoms with Gasteiger partial charge < -0.3 is 4.57 Å². The van der Waals surface area contributed by atoms with Gasteiger partial charge >= 0.3 is 0 Å². The number of benzene rings is 3. The van der Waals surface area contributed by atoms with Crippen molar-refractivity contribution in [2.75, 3.05) is 13.1 Å². The van der Waals surface area contributed by atoms with Crippen LogP contribution >= 0.6 is 29.8 Å². The number of halogens is 1. The predicted molar refractivity (Wildman–Crippen MR) is 158 cm³/mol. The number of aryl methyl sites for hydroxylation is 1. The van der Waals surface area contributed by atoms with Crippen molar-refractivity contribution in [3.63, 3.8) is 0 Å². The molecule has 5 rings (SSSR count). The van der Waals surface area contributed by atoms with Crippen LogP contribution in [0.15, 0.2) is 71.5 Å². The fraction of sp³-hybridized carbons (Fsp3) is 0.379. The molecule has 178 valence electrons. The lowest BCUT2D eigenvalue weighted by atomic mass is 10.1. The molecule has 1 aromatic heterocycles. The standard InChI is InChI=1S/C29H35IN3P/c1-5-33-27-12-8-7-11-25(27)26-21-24(17-18-28(26)33)34(29(2,3)4,32-19-9-6-10-20-32)31-23-15-13-22(30)14-16-23/h7-8,11-18,21H,5-6,9-10,19-20H2,1-4H3/t34-/m0/s1. The normalized spacial score (nSPS) is 17.2. The van der Waals surface area contributed by atoms with Crippen LogP contribution in [0.4, 0.5) is 5.69 Å². The van der Waals surface area contributed by atoms with E-state index in [1.54, 1.807) is 0 Å². The van der Waals surface area contributed by atoms with Crippen molar-refractivity contribution in [2.24, 2.45) is 4.74 Å². The molecule has 0 unspecified atom stereocenters. The van der Waals surface area contributed by atoms with Crippen LogP contribution in [-0.4, -0.2) is 27.5 Å². The van der Waals surface area contributed by atoms with E-state index in [0.29, 0.717) is 0 Å². The summed E-state index contributed by atoms with van der Waals surface area (Å²) in [5, 5.41) is 4.14. The SMILES string of the molecule is CCn1c2ccccc2c2cc([P@](=Nc3ccc(I)cc3)(N3CCCCC3)C(C)(C)C)ccc21. The van der Waals surface area contributed by atoms with Gasteiger partial charge in [0.25, 0.3) is 0 Å². The summed E-state index contributed by atoms with van der Waals surface area (Å²) in [7, 11) is -2.08. The van der Waals surface area contributed by atoms with E-state index in [1.165, 1.54) is 49.9 Å². The first-order valence-corrected chi connectivity index (χ1v) is 15.3. The summed E-state index contributed by atoms with van der Waals surface area (Å²) in [4.78, 5) is 0. The largest absolute Gasteiger partial charge is 0.341 e. The van der Waals surface area contributed by atoms with Gasteiger partial charge in [-0.15, -0.1) is 0 Å². The third-order valence-electron chi connectivity index (χ3n) is 7.20. The molecule has 0 aliphatic carbocycles. The molecule has 1 atom stereocenters. The van der Waals surface area contributed by atoms with E-state index in [1.807, 2.05) is 0 Å². The molecule has 0 N–H and O–H groups in total. The molecular formula is C29H35IN3P. The van der Waals surface area contributed by atoms with E-state index < -0.39 is 7.21 Å². The summed E-state index contributed by atoms with van der Waals surface area (Å²) >= 11 is 2.38. The minimum atomic E-state index is -2.08. The molecule has 0 amide bonds. The lowest BCUT2D eigenvalue weighted by molar-refractivity contribution is 0.361. The van der Waals surface area contributed by atoms with E-state index in [2.05, 4.69) is 126 Å². The van der Waals surface area contributed by atoms with E-state index in [0.717, 1.165) is 25.3 Å². The first-order chi connectivity index (χ1) is 16.3. The Balaban J connectivity index is 1.84. The Hall–Kier alpha value is -1.62. The molecular weight excluding hydrogens is 548 g/mol. The number of piperidine rings is 1. The molecule has 0 spiro atoms. The molecule has 0 saturated carbocycles. The Morgan fingerprint density at radius 1 is 0.853 bits per heavy atom. The Morgan fingerprint density at radius 2 is 1.53 bits per heavy atom. The van der Waals surface area contributed by atoms with Gasteiger partial charge in [0.15, 0.2) is 0 Å². The zero-order valence-corrected chi connectivity index (χ0v) is 23.8. The Kier molecular flexibility index (Phi) is 6.69. The molecule has 0 radical (unpaired) electrons. The van der Waals surface area contributed by atoms with Crippen LogP contribution in [0.1, 0.15) is 47.0 Å². The minimum Gasteiger partial charge on any atom is -0.341 e. The Bertz CT molecular complexity index is 1370. The molecule has 0 bridgehead atoms. The maximum atomic E-state index is 5.74. The molecule has 1 aliphatic rings. The lowest BCUT2D eigenvalue weighted by Crippen LogP contribution is -2.39. The highest BCUT2D eigenvalue weighted by Gasteiger charge is 2.41. The summed E-state index contributed by atoms with van der Waals surface area (Å²) in [5.74, 6) is 0. The van der Waals surface area contributed by atoms with Crippen LogP contribution in [-0.2, 0) is 6.54 Å². The number of fused-ring (bicyclic) bond motifs is 3. The van der Waals surface area contributed by atoms with Gasteiger partial charge in [0, 0.05) is 55.5 Å². The molecule has 5 heteroatoms. The minimum absolute atomic E-state index is 0.0180. The number of aromatic nitrogens is 1. The molecule has 3 nitrogen and oxygen atoms in total. The molecule has 34 heavy (non-hydrogen) atoms. The fourth-order valence-corrected chi connectivity index (χ4v) is 10.4. The Labute approximate surface area is 217 Å². The smallest absolute Gasteiger partial charge is 0.0720 e. The number of nitrogens with zero attached hydrogens (tertiary/aromatic N) is 3. The lowest BCUT2D eigenvalue weighted by Gasteiger charge is -2.47. The number of para-hydroxylation sites is 1. The molecule has 1 saturated heterocycles. The summed E-state index contributed by atoms with van der Waals surface area (Å²) in [5.41, 5.74) is 3.75. The average Bonchev–Trinajstić information content (AvgIpc) is 3.16. The second kappa shape index (κ2) is 9.44. The van der Waals surface area contributed by atoms with Crippen LogP contribution in [0.3, 0.4) is 0 Å². The second-order valence-electron chi connectivity index (χ2n) is 10.3. The summed E-state index contributed by atoms with van der Waals surface area (Å²) in [6, 6.07) is 24.9. The zero-order chi connectivity index (χ0) is 23.9. The van der Waals surface area contributed by atoms with E-state index in [-0.39, 0.29) is 5.16 Å². The van der Waals surface area contributed by atoms with Crippen molar-refractivity contribution in [2.45, 2.75) is 58.7 Å². The third kappa shape index (κ3) is 4.06. The van der Waals surface area contributed by atoms with Crippen molar-refractivity contribution < 1.29 is 0 Å². The van der Waals surface area contributed by atoms with E-state index in [9.17, 15) is 0 Å². The van der Waals surface area contributed by atoms with Gasteiger partial charge in [-0.3, -0.25) is 4.67 Å². The van der Waals surface area contributed by atoms with Gasteiger partial charge in [-0.05, 0) is 90.9 Å². The van der Waals surface area contributed by atoms with Gasteiger partial charge in [-0.2, -0.15) is 0 Å². The maximum Gasteiger partial charge on any atom is 0.0720 e. The number of hydrogen-bond donors (Lipinski definition) is 0. The van der Waals surface area contributed by atoms with Gasteiger partial charge in [-0.1, -0.05) is 45.4 Å². The highest BCUT2D eigenvalue weighted by atomic mass is 127. The van der Waals surface area contributed by atoms with Gasteiger partial charge in [0.05, 0.1) is 12.9 Å². The van der Waals surface area contributed by atoms with Crippen LogP contribution in [0.25, 0.3) is 21.8 Å². The molecule has 1 fully saturated rings. The first kappa shape index (κ1) is 24.1. The highest BCUT2D eigenvalue weighted by molar-refractivity contribution is 14.1. The van der Waals surface area contributed by atoms with Crippen LogP contribution < -0.4 is 5.30 Å². The molecule has 4 aromatic rings. The average molecular weight is 583 g/mol. The van der Waals surface area contributed by atoms with Crippen molar-refractivity contribution in [3.05, 3.63) is 70.3 Å². The monoisotopic (exact) mass is 583 g/mol. The molecule has 3 aromatic carbocycles. The quantitative estimate of drug-likeness (QED) is 0.174. The van der Waals surface area contributed by atoms with Crippen molar-refractivity contribution in [3.8, 4) is 0 Å². The van der Waals surface area contributed by atoms with E-state index >= 15 is 0 Å². The summed E-state index contributed by atoms with van der Waals surface area (Å²) in [6.45, 7) is 12.7.